The molecule has 0 heterocycles. The van der Waals surface area contributed by atoms with Crippen LogP contribution in [0.3, 0.4) is 0 Å². The number of halogens is 2. The SMILES string of the molecule is Cc1cccc(C(=O)Oc2ccc(Cl)cc2Br)c1. The van der Waals surface area contributed by atoms with Crippen LogP contribution in [0, 0.1) is 6.92 Å². The molecule has 0 atom stereocenters. The topological polar surface area (TPSA) is 26.3 Å². The van der Waals surface area contributed by atoms with Gasteiger partial charge in [-0.1, -0.05) is 29.3 Å². The maximum atomic E-state index is 11.9. The average molecular weight is 326 g/mol. The van der Waals surface area contributed by atoms with E-state index in [1.54, 1.807) is 30.3 Å². The third kappa shape index (κ3) is 3.12. The Balaban J connectivity index is 2.21. The third-order valence-electron chi connectivity index (χ3n) is 2.35. The van der Waals surface area contributed by atoms with Gasteiger partial charge in [-0.25, -0.2) is 4.79 Å². The van der Waals surface area contributed by atoms with Gasteiger partial charge in [-0.2, -0.15) is 0 Å². The first kappa shape index (κ1) is 13.1. The van der Waals surface area contributed by atoms with Gasteiger partial charge in [0.25, 0.3) is 0 Å². The average Bonchev–Trinajstić information content (AvgIpc) is 2.32. The lowest BCUT2D eigenvalue weighted by molar-refractivity contribution is 0.0733. The lowest BCUT2D eigenvalue weighted by Gasteiger charge is -2.07. The summed E-state index contributed by atoms with van der Waals surface area (Å²) in [5, 5.41) is 0.581. The molecule has 18 heavy (non-hydrogen) atoms. The van der Waals surface area contributed by atoms with Crippen molar-refractivity contribution in [3.8, 4) is 5.75 Å². The molecule has 2 rings (SSSR count). The number of hydrogen-bond acceptors (Lipinski definition) is 2. The number of hydrogen-bond donors (Lipinski definition) is 0. The second-order valence-corrected chi connectivity index (χ2v) is 5.12. The van der Waals surface area contributed by atoms with Crippen LogP contribution in [0.15, 0.2) is 46.9 Å². The van der Waals surface area contributed by atoms with Crippen LogP contribution >= 0.6 is 27.5 Å². The molecule has 2 nitrogen and oxygen atoms in total. The standard InChI is InChI=1S/C14H10BrClO2/c1-9-3-2-4-10(7-9)14(17)18-13-6-5-11(16)8-12(13)15/h2-8H,1H3. The molecule has 2 aromatic rings. The van der Waals surface area contributed by atoms with Gasteiger partial charge in [-0.3, -0.25) is 0 Å². The summed E-state index contributed by atoms with van der Waals surface area (Å²) in [6.07, 6.45) is 0. The molecule has 0 saturated carbocycles. The fourth-order valence-electron chi connectivity index (χ4n) is 1.49. The van der Waals surface area contributed by atoms with Crippen LogP contribution in [0.2, 0.25) is 5.02 Å². The molecule has 92 valence electrons. The molecule has 4 heteroatoms. The molecule has 0 aliphatic carbocycles. The highest BCUT2D eigenvalue weighted by molar-refractivity contribution is 9.10. The molecule has 0 aromatic heterocycles. The molecule has 0 spiro atoms. The number of rotatable bonds is 2. The normalized spacial score (nSPS) is 10.2. The summed E-state index contributed by atoms with van der Waals surface area (Å²) in [4.78, 5) is 11.9. The van der Waals surface area contributed by atoms with E-state index >= 15 is 0 Å². The number of esters is 1. The quantitative estimate of drug-likeness (QED) is 0.594. The van der Waals surface area contributed by atoms with Gasteiger partial charge in [0, 0.05) is 5.02 Å². The fraction of sp³-hybridized carbons (Fsp3) is 0.0714. The molecule has 0 aliphatic heterocycles. The molecular weight excluding hydrogens is 316 g/mol. The first-order chi connectivity index (χ1) is 8.56. The molecule has 0 saturated heterocycles. The molecule has 0 fully saturated rings. The number of benzene rings is 2. The second-order valence-electron chi connectivity index (χ2n) is 3.83. The van der Waals surface area contributed by atoms with Gasteiger partial charge in [0.2, 0.25) is 0 Å². The molecular formula is C14H10BrClO2. The van der Waals surface area contributed by atoms with E-state index in [2.05, 4.69) is 15.9 Å². The number of ether oxygens (including phenoxy) is 1. The van der Waals surface area contributed by atoms with E-state index in [-0.39, 0.29) is 5.97 Å². The summed E-state index contributed by atoms with van der Waals surface area (Å²) >= 11 is 9.12. The van der Waals surface area contributed by atoms with Crippen LogP contribution in [0.1, 0.15) is 15.9 Å². The van der Waals surface area contributed by atoms with Crippen molar-refractivity contribution in [2.24, 2.45) is 0 Å². The summed E-state index contributed by atoms with van der Waals surface area (Å²) in [5.74, 6) is 0.0626. The van der Waals surface area contributed by atoms with Gasteiger partial charge in [0.05, 0.1) is 10.0 Å². The van der Waals surface area contributed by atoms with Crippen molar-refractivity contribution in [2.45, 2.75) is 6.92 Å². The zero-order valence-electron chi connectivity index (χ0n) is 9.61. The minimum atomic E-state index is -0.387. The molecule has 0 radical (unpaired) electrons. The summed E-state index contributed by atoms with van der Waals surface area (Å²) in [5.41, 5.74) is 1.54. The Bertz CT molecular complexity index is 596. The Hall–Kier alpha value is -1.32. The monoisotopic (exact) mass is 324 g/mol. The number of carbonyl (C=O) groups is 1. The summed E-state index contributed by atoms with van der Waals surface area (Å²) in [6, 6.07) is 12.3. The zero-order chi connectivity index (χ0) is 13.1. The highest BCUT2D eigenvalue weighted by Crippen LogP contribution is 2.28. The van der Waals surface area contributed by atoms with E-state index < -0.39 is 0 Å². The second kappa shape index (κ2) is 5.55. The van der Waals surface area contributed by atoms with Gasteiger partial charge in [-0.05, 0) is 53.2 Å². The van der Waals surface area contributed by atoms with E-state index in [1.807, 2.05) is 19.1 Å². The Morgan fingerprint density at radius 1 is 1.22 bits per heavy atom. The number of aryl methyl sites for hydroxylation is 1. The van der Waals surface area contributed by atoms with Crippen molar-refractivity contribution in [2.75, 3.05) is 0 Å². The van der Waals surface area contributed by atoms with Gasteiger partial charge in [0.1, 0.15) is 5.75 Å². The summed E-state index contributed by atoms with van der Waals surface area (Å²) < 4.78 is 5.95. The predicted octanol–water partition coefficient (Wildman–Crippen LogP) is 4.63. The highest BCUT2D eigenvalue weighted by atomic mass is 79.9. The molecule has 0 N–H and O–H groups in total. The largest absolute Gasteiger partial charge is 0.422 e. The molecule has 0 aliphatic rings. The fourth-order valence-corrected chi connectivity index (χ4v) is 2.25. The van der Waals surface area contributed by atoms with Gasteiger partial charge < -0.3 is 4.74 Å². The van der Waals surface area contributed by atoms with Crippen molar-refractivity contribution < 1.29 is 9.53 Å². The van der Waals surface area contributed by atoms with Crippen LogP contribution in [0.5, 0.6) is 5.75 Å². The molecule has 0 bridgehead atoms. The molecule has 2 aromatic carbocycles. The van der Waals surface area contributed by atoms with Crippen molar-refractivity contribution in [3.05, 3.63) is 63.1 Å². The van der Waals surface area contributed by atoms with E-state index in [1.165, 1.54) is 0 Å². The van der Waals surface area contributed by atoms with Crippen LogP contribution < -0.4 is 4.74 Å². The van der Waals surface area contributed by atoms with E-state index in [4.69, 9.17) is 16.3 Å². The molecule has 0 unspecified atom stereocenters. The Morgan fingerprint density at radius 3 is 2.67 bits per heavy atom. The van der Waals surface area contributed by atoms with Crippen LogP contribution in [-0.4, -0.2) is 5.97 Å². The first-order valence-electron chi connectivity index (χ1n) is 5.30. The van der Waals surface area contributed by atoms with E-state index in [9.17, 15) is 4.79 Å². The first-order valence-corrected chi connectivity index (χ1v) is 6.47. The van der Waals surface area contributed by atoms with Crippen molar-refractivity contribution >= 4 is 33.5 Å². The predicted molar refractivity (Wildman–Crippen MR) is 75.3 cm³/mol. The summed E-state index contributed by atoms with van der Waals surface area (Å²) in [7, 11) is 0. The van der Waals surface area contributed by atoms with E-state index in [0.29, 0.717) is 20.8 Å². The molecule has 0 amide bonds. The summed E-state index contributed by atoms with van der Waals surface area (Å²) in [6.45, 7) is 1.93. The van der Waals surface area contributed by atoms with E-state index in [0.717, 1.165) is 5.56 Å². The van der Waals surface area contributed by atoms with Crippen LogP contribution in [0.25, 0.3) is 0 Å². The zero-order valence-corrected chi connectivity index (χ0v) is 12.0. The Morgan fingerprint density at radius 2 is 2.00 bits per heavy atom. The minimum Gasteiger partial charge on any atom is -0.422 e. The third-order valence-corrected chi connectivity index (χ3v) is 3.21. The van der Waals surface area contributed by atoms with Crippen LogP contribution in [-0.2, 0) is 0 Å². The van der Waals surface area contributed by atoms with Crippen molar-refractivity contribution in [1.29, 1.82) is 0 Å². The van der Waals surface area contributed by atoms with Gasteiger partial charge in [-0.15, -0.1) is 0 Å². The Kier molecular flexibility index (Phi) is 4.04. The van der Waals surface area contributed by atoms with Crippen molar-refractivity contribution in [1.82, 2.24) is 0 Å². The van der Waals surface area contributed by atoms with Gasteiger partial charge >= 0.3 is 5.97 Å². The van der Waals surface area contributed by atoms with Gasteiger partial charge in [0.15, 0.2) is 0 Å². The Labute approximate surface area is 119 Å². The lowest BCUT2D eigenvalue weighted by Crippen LogP contribution is -2.08. The smallest absolute Gasteiger partial charge is 0.343 e. The number of carbonyl (C=O) groups excluding carboxylic acids is 1. The highest BCUT2D eigenvalue weighted by Gasteiger charge is 2.11. The maximum absolute atomic E-state index is 11.9. The maximum Gasteiger partial charge on any atom is 0.343 e. The lowest BCUT2D eigenvalue weighted by atomic mass is 10.1. The van der Waals surface area contributed by atoms with Crippen molar-refractivity contribution in [3.63, 3.8) is 0 Å². The minimum absolute atomic E-state index is 0.387. The van der Waals surface area contributed by atoms with Crippen LogP contribution in [0.4, 0.5) is 0 Å².